The molecule has 0 radical (unpaired) electrons. The number of carbonyl (C=O) groups is 3. The fourth-order valence-electron chi connectivity index (χ4n) is 2.58. The highest BCUT2D eigenvalue weighted by atomic mass is 16.4. The highest BCUT2D eigenvalue weighted by Crippen LogP contribution is 2.33. The smallest absolute Gasteiger partial charge is 0.304 e. The summed E-state index contributed by atoms with van der Waals surface area (Å²) in [6.45, 7) is 5.63. The lowest BCUT2D eigenvalue weighted by Crippen LogP contribution is -2.31. The number of carboxylic acids is 1. The summed E-state index contributed by atoms with van der Waals surface area (Å²) in [6.07, 6.45) is 1.48. The Bertz CT molecular complexity index is 659. The lowest BCUT2D eigenvalue weighted by atomic mass is 10.0. The molecule has 3 saturated heterocycles. The largest absolute Gasteiger partial charge is 0.481 e. The van der Waals surface area contributed by atoms with Gasteiger partial charge in [-0.05, 0) is 0 Å². The van der Waals surface area contributed by atoms with Crippen LogP contribution in [0.3, 0.4) is 0 Å². The molecule has 0 aromatic carbocycles. The fourth-order valence-corrected chi connectivity index (χ4v) is 2.58. The van der Waals surface area contributed by atoms with Crippen LogP contribution in [-0.2, 0) is 14.4 Å². The van der Waals surface area contributed by atoms with Crippen molar-refractivity contribution in [3.8, 4) is 0 Å². The van der Waals surface area contributed by atoms with Gasteiger partial charge in [-0.1, -0.05) is 0 Å². The highest BCUT2D eigenvalue weighted by Gasteiger charge is 2.43. The van der Waals surface area contributed by atoms with Crippen LogP contribution in [0.15, 0.2) is 23.2 Å². The second kappa shape index (κ2) is 6.85. The number of aliphatic carboxylic acids is 1. The molecule has 0 spiro atoms. The summed E-state index contributed by atoms with van der Waals surface area (Å²) in [5, 5.41) is 8.08. The van der Waals surface area contributed by atoms with Gasteiger partial charge < -0.3 is 31.3 Å². The molecule has 4 rings (SSSR count). The summed E-state index contributed by atoms with van der Waals surface area (Å²) in [5.74, 6) is -0.852. The second-order valence-corrected chi connectivity index (χ2v) is 6.47. The van der Waals surface area contributed by atoms with E-state index in [4.69, 9.17) is 16.6 Å². The number of nitrogens with zero attached hydrogens (tertiary/aromatic N) is 3. The van der Waals surface area contributed by atoms with Crippen molar-refractivity contribution in [3.05, 3.63) is 23.2 Å². The van der Waals surface area contributed by atoms with Crippen molar-refractivity contribution in [1.29, 1.82) is 0 Å². The molecule has 9 nitrogen and oxygen atoms in total. The number of allylic oxidation sites excluding steroid dienone is 1. The molecule has 0 aromatic rings. The summed E-state index contributed by atoms with van der Waals surface area (Å²) in [7, 11) is 0. The summed E-state index contributed by atoms with van der Waals surface area (Å²) >= 11 is 0. The molecule has 1 atom stereocenters. The fraction of sp³-hybridized carbons (Fsp3) is 0.562. The average molecular weight is 349 g/mol. The lowest BCUT2D eigenvalue weighted by Gasteiger charge is -2.21. The van der Waals surface area contributed by atoms with Crippen LogP contribution in [-0.4, -0.2) is 89.2 Å². The molecule has 25 heavy (non-hydrogen) atoms. The summed E-state index contributed by atoms with van der Waals surface area (Å²) in [6, 6.07) is -0.396. The molecule has 3 heterocycles. The third-order valence-electron chi connectivity index (χ3n) is 4.23. The van der Waals surface area contributed by atoms with Gasteiger partial charge in [0.1, 0.15) is 11.4 Å². The van der Waals surface area contributed by atoms with E-state index in [2.05, 4.69) is 0 Å². The molecular formula is C16H23N5O4. The minimum atomic E-state index is -0.900. The number of carboxylic acid groups (broad SMARTS) is 1. The molecule has 0 aromatic heterocycles. The minimum Gasteiger partial charge on any atom is -0.481 e. The van der Waals surface area contributed by atoms with Crippen LogP contribution in [0, 0.1) is 0 Å². The van der Waals surface area contributed by atoms with Gasteiger partial charge in [0.25, 0.3) is 0 Å². The third-order valence-corrected chi connectivity index (χ3v) is 4.23. The van der Waals surface area contributed by atoms with Crippen LogP contribution in [0.2, 0.25) is 0 Å². The number of hydrogen-bond acceptors (Lipinski definition) is 8. The minimum absolute atomic E-state index is 0.00546. The Morgan fingerprint density at radius 2 is 1.56 bits per heavy atom. The zero-order chi connectivity index (χ0) is 18.1. The first kappa shape index (κ1) is 17.4. The molecule has 3 aliphatic heterocycles. The Morgan fingerprint density at radius 1 is 1.04 bits per heavy atom. The van der Waals surface area contributed by atoms with Crippen LogP contribution >= 0.6 is 0 Å². The molecule has 0 saturated carbocycles. The van der Waals surface area contributed by atoms with Gasteiger partial charge in [-0.15, -0.1) is 0 Å². The van der Waals surface area contributed by atoms with E-state index < -0.39 is 12.0 Å². The number of Topliss-reactive ketones (excluding diaryl/α,β-unsaturated/α-hetero) is 1. The zero-order valence-corrected chi connectivity index (χ0v) is 14.0. The van der Waals surface area contributed by atoms with Crippen molar-refractivity contribution in [1.82, 2.24) is 14.7 Å². The zero-order valence-electron chi connectivity index (χ0n) is 14.0. The molecule has 1 unspecified atom stereocenters. The highest BCUT2D eigenvalue weighted by molar-refractivity contribution is 6.22. The van der Waals surface area contributed by atoms with Gasteiger partial charge in [0.15, 0.2) is 0 Å². The van der Waals surface area contributed by atoms with Gasteiger partial charge in [-0.2, -0.15) is 0 Å². The van der Waals surface area contributed by atoms with Crippen LogP contribution in [0.1, 0.15) is 6.42 Å². The third kappa shape index (κ3) is 4.18. The monoisotopic (exact) mass is 349 g/mol. The topological polar surface area (TPSA) is 133 Å². The van der Waals surface area contributed by atoms with E-state index in [1.807, 2.05) is 14.7 Å². The predicted molar refractivity (Wildman–Crippen MR) is 89.1 cm³/mol. The maximum absolute atomic E-state index is 12.4. The van der Waals surface area contributed by atoms with Crippen LogP contribution in [0.25, 0.3) is 0 Å². The molecule has 4 aliphatic rings. The Morgan fingerprint density at radius 3 is 1.96 bits per heavy atom. The van der Waals surface area contributed by atoms with Crippen molar-refractivity contribution in [2.45, 2.75) is 12.5 Å². The summed E-state index contributed by atoms with van der Waals surface area (Å²) < 4.78 is 0. The molecule has 136 valence electrons. The second-order valence-electron chi connectivity index (χ2n) is 6.47. The molecule has 3 fully saturated rings. The first-order valence-electron chi connectivity index (χ1n) is 8.39. The number of carbonyl (C=O) groups excluding carboxylic acids is 2. The van der Waals surface area contributed by atoms with Gasteiger partial charge in [-0.25, -0.2) is 0 Å². The molecule has 5 N–H and O–H groups in total. The maximum atomic E-state index is 12.4. The van der Waals surface area contributed by atoms with E-state index >= 15 is 0 Å². The predicted octanol–water partition coefficient (Wildman–Crippen LogP) is -2.07. The van der Waals surface area contributed by atoms with E-state index in [9.17, 15) is 14.4 Å². The van der Waals surface area contributed by atoms with Gasteiger partial charge >= 0.3 is 5.97 Å². The first-order valence-corrected chi connectivity index (χ1v) is 8.39. The SMILES string of the molecule is NCC(N)CC(=O)O.O=C1C=C(N2CC2)C(=O)C(N2CC2)=C1N1CC1. The van der Waals surface area contributed by atoms with Crippen molar-refractivity contribution in [3.63, 3.8) is 0 Å². The van der Waals surface area contributed by atoms with Crippen LogP contribution < -0.4 is 11.5 Å². The van der Waals surface area contributed by atoms with E-state index in [-0.39, 0.29) is 24.5 Å². The average Bonchev–Trinajstić information content (AvgIpc) is 3.36. The number of rotatable bonds is 6. The molecular weight excluding hydrogens is 326 g/mol. The standard InChI is InChI=1S/C12H13N3O2.C4H10N2O2/c16-9-7-8(13-1-2-13)12(17)11(15-5-6-15)10(9)14-3-4-14;5-2-3(6)1-4(7)8/h7H,1-6H2;3H,1-2,5-6H2,(H,7,8). The van der Waals surface area contributed by atoms with Gasteiger partial charge in [0.2, 0.25) is 11.6 Å². The van der Waals surface area contributed by atoms with Gasteiger partial charge in [0, 0.05) is 57.9 Å². The van der Waals surface area contributed by atoms with Crippen molar-refractivity contribution >= 4 is 17.5 Å². The Balaban J connectivity index is 0.000000197. The molecule has 1 aliphatic carbocycles. The lowest BCUT2D eigenvalue weighted by molar-refractivity contribution is -0.137. The Hall–Kier alpha value is -2.39. The number of ketones is 2. The van der Waals surface area contributed by atoms with Crippen molar-refractivity contribution < 1.29 is 19.5 Å². The van der Waals surface area contributed by atoms with Gasteiger partial charge in [0.05, 0.1) is 12.1 Å². The maximum Gasteiger partial charge on any atom is 0.304 e. The van der Waals surface area contributed by atoms with E-state index in [0.29, 0.717) is 17.1 Å². The number of nitrogens with two attached hydrogens (primary N) is 2. The van der Waals surface area contributed by atoms with Crippen LogP contribution in [0.5, 0.6) is 0 Å². The summed E-state index contributed by atoms with van der Waals surface area (Å²) in [5.41, 5.74) is 12.1. The normalized spacial score (nSPS) is 22.3. The first-order chi connectivity index (χ1) is 11.9. The Labute approximate surface area is 145 Å². The van der Waals surface area contributed by atoms with E-state index in [1.165, 1.54) is 6.08 Å². The van der Waals surface area contributed by atoms with Gasteiger partial charge in [-0.3, -0.25) is 14.4 Å². The Kier molecular flexibility index (Phi) is 4.78. The van der Waals surface area contributed by atoms with Crippen LogP contribution in [0.4, 0.5) is 0 Å². The van der Waals surface area contributed by atoms with E-state index in [1.54, 1.807) is 0 Å². The summed E-state index contributed by atoms with van der Waals surface area (Å²) in [4.78, 5) is 40.3. The molecule has 0 bridgehead atoms. The van der Waals surface area contributed by atoms with Crippen molar-refractivity contribution in [2.24, 2.45) is 11.5 Å². The molecule has 0 amide bonds. The van der Waals surface area contributed by atoms with Crippen molar-refractivity contribution in [2.75, 3.05) is 45.8 Å². The number of hydrogen-bond donors (Lipinski definition) is 3. The quantitative estimate of drug-likeness (QED) is 0.365. The molecule has 9 heteroatoms. The van der Waals surface area contributed by atoms with E-state index in [0.717, 1.165) is 39.3 Å².